The van der Waals surface area contributed by atoms with Gasteiger partial charge in [0.25, 0.3) is 11.6 Å². The average molecular weight is 325 g/mol. The van der Waals surface area contributed by atoms with Crippen LogP contribution in [0.15, 0.2) is 48.5 Å². The molecule has 6 nitrogen and oxygen atoms in total. The van der Waals surface area contributed by atoms with Crippen molar-refractivity contribution in [2.24, 2.45) is 0 Å². The normalized spacial score (nSPS) is 13.8. The van der Waals surface area contributed by atoms with Gasteiger partial charge in [0.15, 0.2) is 0 Å². The van der Waals surface area contributed by atoms with Crippen molar-refractivity contribution >= 4 is 17.3 Å². The van der Waals surface area contributed by atoms with Gasteiger partial charge in [-0.2, -0.15) is 0 Å². The molecule has 0 radical (unpaired) electrons. The number of benzene rings is 2. The van der Waals surface area contributed by atoms with E-state index in [1.165, 1.54) is 36.7 Å². The first-order chi connectivity index (χ1) is 11.6. The third-order valence-corrected chi connectivity index (χ3v) is 4.18. The number of nitro groups is 1. The molecule has 0 aliphatic carbocycles. The fourth-order valence-corrected chi connectivity index (χ4v) is 2.85. The Morgan fingerprint density at radius 3 is 2.50 bits per heavy atom. The number of hydrogen-bond donors (Lipinski definition) is 1. The smallest absolute Gasteiger partial charge is 0.270 e. The van der Waals surface area contributed by atoms with Crippen molar-refractivity contribution in [3.63, 3.8) is 0 Å². The van der Waals surface area contributed by atoms with Gasteiger partial charge in [0.05, 0.1) is 4.92 Å². The van der Waals surface area contributed by atoms with Gasteiger partial charge in [-0.3, -0.25) is 14.9 Å². The van der Waals surface area contributed by atoms with E-state index in [2.05, 4.69) is 22.3 Å². The molecule has 6 heteroatoms. The molecule has 0 saturated carbocycles. The highest BCUT2D eigenvalue weighted by Crippen LogP contribution is 2.20. The molecule has 3 rings (SSSR count). The number of amides is 1. The van der Waals surface area contributed by atoms with Crippen molar-refractivity contribution in [2.75, 3.05) is 18.0 Å². The molecule has 0 spiro atoms. The van der Waals surface area contributed by atoms with Crippen LogP contribution in [-0.2, 0) is 6.54 Å². The number of nitrogens with one attached hydrogen (secondary N) is 1. The Morgan fingerprint density at radius 2 is 1.83 bits per heavy atom. The summed E-state index contributed by atoms with van der Waals surface area (Å²) in [6, 6.07) is 13.9. The number of nitrogens with zero attached hydrogens (tertiary/aromatic N) is 2. The molecule has 2 aromatic carbocycles. The number of nitro benzene ring substituents is 1. The second-order valence-corrected chi connectivity index (χ2v) is 5.85. The third-order valence-electron chi connectivity index (χ3n) is 4.18. The molecule has 0 unspecified atom stereocenters. The Balaban J connectivity index is 1.59. The van der Waals surface area contributed by atoms with Gasteiger partial charge in [-0.25, -0.2) is 0 Å². The van der Waals surface area contributed by atoms with E-state index in [-0.39, 0.29) is 17.2 Å². The minimum atomic E-state index is -0.506. The molecule has 2 aromatic rings. The number of anilines is 1. The Labute approximate surface area is 140 Å². The van der Waals surface area contributed by atoms with Crippen molar-refractivity contribution in [3.8, 4) is 0 Å². The predicted octanol–water partition coefficient (Wildman–Crippen LogP) is 3.13. The topological polar surface area (TPSA) is 75.5 Å². The Bertz CT molecular complexity index is 737. The lowest BCUT2D eigenvalue weighted by molar-refractivity contribution is -0.384. The van der Waals surface area contributed by atoms with Gasteiger partial charge in [0, 0.05) is 43.0 Å². The van der Waals surface area contributed by atoms with E-state index in [0.29, 0.717) is 6.54 Å². The summed E-state index contributed by atoms with van der Waals surface area (Å²) in [5.41, 5.74) is 2.41. The molecule has 1 heterocycles. The standard InChI is InChI=1S/C18H19N3O3/c22-18(15-4-3-5-17(12-15)21(23)24)19-13-14-6-8-16(9-7-14)20-10-1-2-11-20/h3-9,12H,1-2,10-11,13H2,(H,19,22). The molecular weight excluding hydrogens is 306 g/mol. The molecule has 0 aromatic heterocycles. The summed E-state index contributed by atoms with van der Waals surface area (Å²) in [6.07, 6.45) is 2.47. The minimum Gasteiger partial charge on any atom is -0.372 e. The van der Waals surface area contributed by atoms with E-state index >= 15 is 0 Å². The van der Waals surface area contributed by atoms with Gasteiger partial charge in [-0.1, -0.05) is 18.2 Å². The van der Waals surface area contributed by atoms with Crippen molar-refractivity contribution in [2.45, 2.75) is 19.4 Å². The first-order valence-corrected chi connectivity index (χ1v) is 8.00. The van der Waals surface area contributed by atoms with Crippen LogP contribution in [0, 0.1) is 10.1 Å². The van der Waals surface area contributed by atoms with Gasteiger partial charge in [-0.05, 0) is 36.6 Å². The lowest BCUT2D eigenvalue weighted by Gasteiger charge is -2.17. The number of carbonyl (C=O) groups excluding carboxylic acids is 1. The summed E-state index contributed by atoms with van der Waals surface area (Å²) in [7, 11) is 0. The summed E-state index contributed by atoms with van der Waals surface area (Å²) in [4.78, 5) is 24.7. The van der Waals surface area contributed by atoms with Crippen molar-refractivity contribution < 1.29 is 9.72 Å². The van der Waals surface area contributed by atoms with Crippen LogP contribution < -0.4 is 10.2 Å². The second kappa shape index (κ2) is 7.12. The Morgan fingerprint density at radius 1 is 1.12 bits per heavy atom. The zero-order valence-electron chi connectivity index (χ0n) is 13.3. The summed E-state index contributed by atoms with van der Waals surface area (Å²) < 4.78 is 0. The lowest BCUT2D eigenvalue weighted by Crippen LogP contribution is -2.23. The maximum absolute atomic E-state index is 12.1. The molecule has 124 valence electrons. The Hall–Kier alpha value is -2.89. The van der Waals surface area contributed by atoms with Crippen molar-refractivity contribution in [3.05, 3.63) is 69.8 Å². The van der Waals surface area contributed by atoms with E-state index in [9.17, 15) is 14.9 Å². The van der Waals surface area contributed by atoms with Crippen molar-refractivity contribution in [1.82, 2.24) is 5.32 Å². The van der Waals surface area contributed by atoms with Crippen LogP contribution in [0.25, 0.3) is 0 Å². The molecule has 24 heavy (non-hydrogen) atoms. The van der Waals surface area contributed by atoms with Crippen LogP contribution in [0.5, 0.6) is 0 Å². The maximum atomic E-state index is 12.1. The summed E-state index contributed by atoms with van der Waals surface area (Å²) in [5.74, 6) is -0.317. The highest BCUT2D eigenvalue weighted by molar-refractivity contribution is 5.94. The molecule has 1 amide bonds. The first-order valence-electron chi connectivity index (χ1n) is 8.00. The monoisotopic (exact) mass is 325 g/mol. The molecule has 1 saturated heterocycles. The molecule has 1 fully saturated rings. The first kappa shape index (κ1) is 16.0. The van der Waals surface area contributed by atoms with E-state index in [4.69, 9.17) is 0 Å². The van der Waals surface area contributed by atoms with Gasteiger partial charge in [0.2, 0.25) is 0 Å². The fourth-order valence-electron chi connectivity index (χ4n) is 2.85. The average Bonchev–Trinajstić information content (AvgIpc) is 3.15. The van der Waals surface area contributed by atoms with Gasteiger partial charge in [-0.15, -0.1) is 0 Å². The number of non-ortho nitro benzene ring substituents is 1. The molecular formula is C18H19N3O3. The largest absolute Gasteiger partial charge is 0.372 e. The van der Waals surface area contributed by atoms with E-state index in [1.807, 2.05) is 12.1 Å². The minimum absolute atomic E-state index is 0.0855. The summed E-state index contributed by atoms with van der Waals surface area (Å²) in [5, 5.41) is 13.6. The van der Waals surface area contributed by atoms with E-state index in [1.54, 1.807) is 6.07 Å². The summed E-state index contributed by atoms with van der Waals surface area (Å²) in [6.45, 7) is 2.59. The summed E-state index contributed by atoms with van der Waals surface area (Å²) >= 11 is 0. The van der Waals surface area contributed by atoms with Crippen LogP contribution in [0.2, 0.25) is 0 Å². The highest BCUT2D eigenvalue weighted by atomic mass is 16.6. The van der Waals surface area contributed by atoms with Crippen LogP contribution >= 0.6 is 0 Å². The maximum Gasteiger partial charge on any atom is 0.270 e. The number of hydrogen-bond acceptors (Lipinski definition) is 4. The third kappa shape index (κ3) is 3.71. The van der Waals surface area contributed by atoms with Crippen LogP contribution in [-0.4, -0.2) is 23.9 Å². The number of carbonyl (C=O) groups is 1. The zero-order valence-corrected chi connectivity index (χ0v) is 13.3. The molecule has 1 aliphatic rings. The number of rotatable bonds is 5. The van der Waals surface area contributed by atoms with Gasteiger partial charge < -0.3 is 10.2 Å². The molecule has 1 aliphatic heterocycles. The van der Waals surface area contributed by atoms with Crippen LogP contribution in [0.4, 0.5) is 11.4 Å². The Kier molecular flexibility index (Phi) is 4.74. The van der Waals surface area contributed by atoms with Gasteiger partial charge >= 0.3 is 0 Å². The van der Waals surface area contributed by atoms with E-state index < -0.39 is 4.92 Å². The molecule has 1 N–H and O–H groups in total. The quantitative estimate of drug-likeness (QED) is 0.677. The predicted molar refractivity (Wildman–Crippen MR) is 92.2 cm³/mol. The van der Waals surface area contributed by atoms with Crippen molar-refractivity contribution in [1.29, 1.82) is 0 Å². The zero-order chi connectivity index (χ0) is 16.9. The van der Waals surface area contributed by atoms with Gasteiger partial charge in [0.1, 0.15) is 0 Å². The molecule has 0 bridgehead atoms. The lowest BCUT2D eigenvalue weighted by atomic mass is 10.1. The highest BCUT2D eigenvalue weighted by Gasteiger charge is 2.13. The second-order valence-electron chi connectivity index (χ2n) is 5.85. The fraction of sp³-hybridized carbons (Fsp3) is 0.278. The van der Waals surface area contributed by atoms with E-state index in [0.717, 1.165) is 18.7 Å². The molecule has 0 atom stereocenters. The SMILES string of the molecule is O=C(NCc1ccc(N2CCCC2)cc1)c1cccc([N+](=O)[O-])c1. The van der Waals surface area contributed by atoms with Crippen LogP contribution in [0.1, 0.15) is 28.8 Å². The van der Waals surface area contributed by atoms with Crippen LogP contribution in [0.3, 0.4) is 0 Å².